The monoisotopic (exact) mass is 260 g/mol. The summed E-state index contributed by atoms with van der Waals surface area (Å²) in [6.45, 7) is 17.9. The molecule has 0 rings (SSSR count). The van der Waals surface area contributed by atoms with E-state index in [1.54, 1.807) is 0 Å². The smallest absolute Gasteiger partial charge is 0.107 e. The van der Waals surface area contributed by atoms with Gasteiger partial charge in [-0.05, 0) is 31.6 Å². The molecular weight excluding hydrogens is 228 g/mol. The van der Waals surface area contributed by atoms with Crippen molar-refractivity contribution in [3.63, 3.8) is 0 Å². The van der Waals surface area contributed by atoms with Crippen LogP contribution in [0.25, 0.3) is 0 Å². The van der Waals surface area contributed by atoms with Crippen molar-refractivity contribution in [3.05, 3.63) is 0 Å². The molecular formula is C15H32O3. The van der Waals surface area contributed by atoms with Gasteiger partial charge in [0, 0.05) is 0 Å². The fraction of sp³-hybridized carbons (Fsp3) is 1.00. The number of hydrogen-bond donors (Lipinski definition) is 2. The summed E-state index contributed by atoms with van der Waals surface area (Å²) >= 11 is 0. The van der Waals surface area contributed by atoms with E-state index in [0.29, 0.717) is 0 Å². The number of aliphatic hydroxyl groups excluding tert-OH is 2. The predicted molar refractivity (Wildman–Crippen MR) is 75.6 cm³/mol. The fourth-order valence-electron chi connectivity index (χ4n) is 3.11. The second-order valence-electron chi connectivity index (χ2n) is 8.15. The van der Waals surface area contributed by atoms with Crippen LogP contribution in [-0.2, 0) is 4.74 Å². The second kappa shape index (κ2) is 5.10. The van der Waals surface area contributed by atoms with Crippen LogP contribution < -0.4 is 0 Å². The summed E-state index contributed by atoms with van der Waals surface area (Å²) in [5.41, 5.74) is -1.83. The minimum atomic E-state index is -0.920. The maximum absolute atomic E-state index is 10.4. The molecule has 0 amide bonds. The van der Waals surface area contributed by atoms with Crippen LogP contribution in [0.2, 0.25) is 0 Å². The van der Waals surface area contributed by atoms with Gasteiger partial charge in [0.25, 0.3) is 0 Å². The molecule has 0 fully saturated rings. The van der Waals surface area contributed by atoms with Gasteiger partial charge in [0.05, 0.1) is 12.2 Å². The summed E-state index contributed by atoms with van der Waals surface area (Å²) in [5, 5.41) is 19.9. The van der Waals surface area contributed by atoms with E-state index in [-0.39, 0.29) is 17.4 Å². The Morgan fingerprint density at radius 1 is 0.833 bits per heavy atom. The van der Waals surface area contributed by atoms with Crippen LogP contribution in [-0.4, -0.2) is 34.1 Å². The summed E-state index contributed by atoms with van der Waals surface area (Å²) in [4.78, 5) is 0. The topological polar surface area (TPSA) is 49.7 Å². The van der Waals surface area contributed by atoms with Crippen molar-refractivity contribution in [2.75, 3.05) is 6.61 Å². The zero-order chi connectivity index (χ0) is 15.0. The molecule has 0 saturated carbocycles. The highest BCUT2D eigenvalue weighted by Crippen LogP contribution is 2.50. The van der Waals surface area contributed by atoms with Gasteiger partial charge in [-0.15, -0.1) is 0 Å². The maximum Gasteiger partial charge on any atom is 0.107 e. The molecule has 0 aliphatic rings. The van der Waals surface area contributed by atoms with E-state index in [2.05, 4.69) is 0 Å². The molecule has 0 aromatic heterocycles. The first-order chi connectivity index (χ1) is 7.69. The van der Waals surface area contributed by atoms with Crippen LogP contribution in [0.5, 0.6) is 0 Å². The van der Waals surface area contributed by atoms with Crippen molar-refractivity contribution in [3.8, 4) is 0 Å². The average Bonchev–Trinajstić information content (AvgIpc) is 2.07. The van der Waals surface area contributed by atoms with Gasteiger partial charge in [0.1, 0.15) is 11.7 Å². The first-order valence-electron chi connectivity index (χ1n) is 6.68. The summed E-state index contributed by atoms with van der Waals surface area (Å²) in [5.74, 6) is 0. The zero-order valence-corrected chi connectivity index (χ0v) is 13.6. The number of aliphatic hydroxyl groups is 2. The minimum Gasteiger partial charge on any atom is -0.394 e. The predicted octanol–water partition coefficient (Wildman–Crippen LogP) is 2.99. The highest BCUT2D eigenvalue weighted by atomic mass is 16.5. The zero-order valence-electron chi connectivity index (χ0n) is 13.6. The third-order valence-electron chi connectivity index (χ3n) is 3.34. The highest BCUT2D eigenvalue weighted by molar-refractivity contribution is 5.06. The molecule has 0 aromatic rings. The van der Waals surface area contributed by atoms with Crippen LogP contribution in [0.1, 0.15) is 62.3 Å². The number of rotatable bonds is 3. The van der Waals surface area contributed by atoms with Crippen LogP contribution in [0, 0.1) is 10.8 Å². The van der Waals surface area contributed by atoms with Crippen molar-refractivity contribution in [1.29, 1.82) is 0 Å². The third-order valence-corrected chi connectivity index (χ3v) is 3.34. The fourth-order valence-corrected chi connectivity index (χ4v) is 3.11. The molecule has 0 aliphatic carbocycles. The van der Waals surface area contributed by atoms with Gasteiger partial charge in [-0.3, -0.25) is 0 Å². The Hall–Kier alpha value is -0.120. The lowest BCUT2D eigenvalue weighted by Gasteiger charge is -2.57. The first-order valence-corrected chi connectivity index (χ1v) is 6.68. The molecule has 0 aliphatic heterocycles. The van der Waals surface area contributed by atoms with E-state index in [1.165, 1.54) is 0 Å². The van der Waals surface area contributed by atoms with Crippen LogP contribution >= 0.6 is 0 Å². The molecule has 0 spiro atoms. The largest absolute Gasteiger partial charge is 0.394 e. The van der Waals surface area contributed by atoms with E-state index in [4.69, 9.17) is 4.74 Å². The van der Waals surface area contributed by atoms with Crippen molar-refractivity contribution in [2.24, 2.45) is 10.8 Å². The minimum absolute atomic E-state index is 0.301. The standard InChI is InChI=1S/C15H32O3/c1-12(2,3)15(11(17)10-16,13(4,5)6)18-14(7,8)9/h11,16-17H,10H2,1-9H3. The van der Waals surface area contributed by atoms with Crippen molar-refractivity contribution >= 4 is 0 Å². The number of hydrogen-bond acceptors (Lipinski definition) is 3. The van der Waals surface area contributed by atoms with Gasteiger partial charge in [0.15, 0.2) is 0 Å². The van der Waals surface area contributed by atoms with Gasteiger partial charge in [0.2, 0.25) is 0 Å². The molecule has 0 aromatic carbocycles. The van der Waals surface area contributed by atoms with E-state index in [0.717, 1.165) is 0 Å². The summed E-state index contributed by atoms with van der Waals surface area (Å²) in [7, 11) is 0. The van der Waals surface area contributed by atoms with E-state index < -0.39 is 17.3 Å². The summed E-state index contributed by atoms with van der Waals surface area (Å²) in [6, 6.07) is 0. The van der Waals surface area contributed by atoms with E-state index >= 15 is 0 Å². The molecule has 110 valence electrons. The lowest BCUT2D eigenvalue weighted by atomic mass is 9.59. The molecule has 0 heterocycles. The van der Waals surface area contributed by atoms with Gasteiger partial charge < -0.3 is 14.9 Å². The van der Waals surface area contributed by atoms with Crippen molar-refractivity contribution in [2.45, 2.75) is 79.6 Å². The molecule has 0 saturated heterocycles. The lowest BCUT2D eigenvalue weighted by molar-refractivity contribution is -0.279. The molecule has 18 heavy (non-hydrogen) atoms. The van der Waals surface area contributed by atoms with E-state index in [1.807, 2.05) is 62.3 Å². The van der Waals surface area contributed by atoms with Crippen LogP contribution in [0.4, 0.5) is 0 Å². The SMILES string of the molecule is CC(C)(C)OC(C(O)CO)(C(C)(C)C)C(C)(C)C. The normalized spacial score (nSPS) is 16.8. The highest BCUT2D eigenvalue weighted by Gasteiger charge is 2.58. The Balaban J connectivity index is 5.90. The molecule has 2 N–H and O–H groups in total. The Morgan fingerprint density at radius 3 is 1.33 bits per heavy atom. The molecule has 1 unspecified atom stereocenters. The van der Waals surface area contributed by atoms with Gasteiger partial charge >= 0.3 is 0 Å². The molecule has 3 heteroatoms. The maximum atomic E-state index is 10.4. The van der Waals surface area contributed by atoms with E-state index in [9.17, 15) is 10.2 Å². The second-order valence-corrected chi connectivity index (χ2v) is 8.15. The van der Waals surface area contributed by atoms with Gasteiger partial charge in [-0.2, -0.15) is 0 Å². The molecule has 3 nitrogen and oxygen atoms in total. The van der Waals surface area contributed by atoms with Crippen LogP contribution in [0.3, 0.4) is 0 Å². The molecule has 1 atom stereocenters. The molecule has 0 bridgehead atoms. The quantitative estimate of drug-likeness (QED) is 0.820. The Morgan fingerprint density at radius 2 is 1.17 bits per heavy atom. The summed E-state index contributed by atoms with van der Waals surface area (Å²) < 4.78 is 6.30. The van der Waals surface area contributed by atoms with Crippen molar-refractivity contribution in [1.82, 2.24) is 0 Å². The van der Waals surface area contributed by atoms with Gasteiger partial charge in [-0.25, -0.2) is 0 Å². The van der Waals surface area contributed by atoms with Crippen LogP contribution in [0.15, 0.2) is 0 Å². The van der Waals surface area contributed by atoms with Gasteiger partial charge in [-0.1, -0.05) is 41.5 Å². The Bertz CT molecular complexity index is 249. The third kappa shape index (κ3) is 3.46. The summed E-state index contributed by atoms with van der Waals surface area (Å²) in [6.07, 6.45) is -0.920. The Labute approximate surface area is 113 Å². The average molecular weight is 260 g/mol. The Kier molecular flexibility index (Phi) is 5.07. The first kappa shape index (κ1) is 17.9. The molecule has 0 radical (unpaired) electrons. The van der Waals surface area contributed by atoms with Crippen molar-refractivity contribution < 1.29 is 14.9 Å². The lowest BCUT2D eigenvalue weighted by Crippen LogP contribution is -2.65. The number of ether oxygens (including phenoxy) is 1.